The van der Waals surface area contributed by atoms with Crippen molar-refractivity contribution in [2.45, 2.75) is 37.8 Å². The molecule has 4 heteroatoms. The van der Waals surface area contributed by atoms with Gasteiger partial charge in [-0.15, -0.1) is 0 Å². The number of hydrogen-bond donors (Lipinski definition) is 1. The molecule has 3 unspecified atom stereocenters. The van der Waals surface area contributed by atoms with Gasteiger partial charge in [0, 0.05) is 43.7 Å². The van der Waals surface area contributed by atoms with Crippen LogP contribution in [0.5, 0.6) is 0 Å². The molecule has 2 aliphatic heterocycles. The van der Waals surface area contributed by atoms with Crippen molar-refractivity contribution in [2.24, 2.45) is 11.7 Å². The molecule has 2 heterocycles. The minimum absolute atomic E-state index is 0.168. The average Bonchev–Trinajstić information content (AvgIpc) is 3.02. The van der Waals surface area contributed by atoms with Gasteiger partial charge in [-0.2, -0.15) is 0 Å². The van der Waals surface area contributed by atoms with Gasteiger partial charge in [0.1, 0.15) is 0 Å². The van der Waals surface area contributed by atoms with E-state index in [-0.39, 0.29) is 5.54 Å². The molecule has 2 N–H and O–H groups in total. The monoisotopic (exact) mass is 255 g/mol. The fourth-order valence-electron chi connectivity index (χ4n) is 3.74. The van der Waals surface area contributed by atoms with Crippen molar-refractivity contribution >= 4 is 0 Å². The summed E-state index contributed by atoms with van der Waals surface area (Å²) in [4.78, 5) is 5.00. The molecule has 0 aromatic rings. The van der Waals surface area contributed by atoms with Crippen molar-refractivity contribution in [3.8, 4) is 0 Å². The van der Waals surface area contributed by atoms with E-state index in [1.54, 1.807) is 0 Å². The predicted molar refractivity (Wildman–Crippen MR) is 74.7 cm³/mol. The van der Waals surface area contributed by atoms with Crippen molar-refractivity contribution in [1.29, 1.82) is 0 Å². The van der Waals surface area contributed by atoms with Crippen LogP contribution in [0.1, 0.15) is 26.2 Å². The fraction of sp³-hybridized carbons (Fsp3) is 1.00. The predicted octanol–water partition coefficient (Wildman–Crippen LogP) is 0.766. The van der Waals surface area contributed by atoms with Crippen LogP contribution in [0.2, 0.25) is 0 Å². The molecule has 2 saturated heterocycles. The second kappa shape index (κ2) is 5.87. The van der Waals surface area contributed by atoms with E-state index in [4.69, 9.17) is 10.5 Å². The molecule has 106 valence electrons. The number of likely N-dealkylation sites (N-methyl/N-ethyl adjacent to an activating group) is 1. The van der Waals surface area contributed by atoms with E-state index in [2.05, 4.69) is 30.8 Å². The molecule has 2 rings (SSSR count). The van der Waals surface area contributed by atoms with E-state index in [0.717, 1.165) is 32.7 Å². The lowest BCUT2D eigenvalue weighted by Gasteiger charge is -2.45. The Bertz CT molecular complexity index is 260. The standard InChI is InChI=1S/C14H29N3O/c1-4-14(11-15,12-6-8-18-10-12)17-7-5-13(9-17)16(2)3/h12-13H,4-11,15H2,1-3H3. The lowest BCUT2D eigenvalue weighted by Crippen LogP contribution is -2.58. The summed E-state index contributed by atoms with van der Waals surface area (Å²) in [7, 11) is 4.37. The Balaban J connectivity index is 2.10. The van der Waals surface area contributed by atoms with Crippen LogP contribution in [0.4, 0.5) is 0 Å². The zero-order chi connectivity index (χ0) is 13.2. The van der Waals surface area contributed by atoms with Gasteiger partial charge >= 0.3 is 0 Å². The molecule has 3 atom stereocenters. The third kappa shape index (κ3) is 2.44. The summed E-state index contributed by atoms with van der Waals surface area (Å²) in [6.45, 7) is 7.20. The van der Waals surface area contributed by atoms with E-state index in [9.17, 15) is 0 Å². The van der Waals surface area contributed by atoms with Crippen LogP contribution in [0.15, 0.2) is 0 Å². The highest BCUT2D eigenvalue weighted by Gasteiger charge is 2.45. The minimum Gasteiger partial charge on any atom is -0.381 e. The first-order valence-corrected chi connectivity index (χ1v) is 7.33. The lowest BCUT2D eigenvalue weighted by molar-refractivity contribution is 0.0412. The number of nitrogens with two attached hydrogens (primary N) is 1. The first kappa shape index (κ1) is 14.3. The lowest BCUT2D eigenvalue weighted by atomic mass is 9.79. The summed E-state index contributed by atoms with van der Waals surface area (Å²) in [6.07, 6.45) is 3.58. The second-order valence-corrected chi connectivity index (χ2v) is 6.07. The Morgan fingerprint density at radius 2 is 2.17 bits per heavy atom. The quantitative estimate of drug-likeness (QED) is 0.788. The van der Waals surface area contributed by atoms with Crippen LogP contribution < -0.4 is 5.73 Å². The van der Waals surface area contributed by atoms with E-state index in [1.165, 1.54) is 19.4 Å². The maximum absolute atomic E-state index is 6.19. The van der Waals surface area contributed by atoms with E-state index in [1.807, 2.05) is 0 Å². The van der Waals surface area contributed by atoms with Gasteiger partial charge in [-0.25, -0.2) is 0 Å². The van der Waals surface area contributed by atoms with Crippen LogP contribution in [-0.2, 0) is 4.74 Å². The van der Waals surface area contributed by atoms with Gasteiger partial charge in [0.15, 0.2) is 0 Å². The molecule has 0 saturated carbocycles. The molecule has 0 bridgehead atoms. The second-order valence-electron chi connectivity index (χ2n) is 6.07. The Kier molecular flexibility index (Phi) is 4.64. The van der Waals surface area contributed by atoms with Crippen LogP contribution in [-0.4, -0.2) is 68.3 Å². The Hall–Kier alpha value is -0.160. The van der Waals surface area contributed by atoms with Gasteiger partial charge in [-0.3, -0.25) is 4.90 Å². The molecule has 4 nitrogen and oxygen atoms in total. The Morgan fingerprint density at radius 1 is 1.39 bits per heavy atom. The van der Waals surface area contributed by atoms with Crippen molar-refractivity contribution in [1.82, 2.24) is 9.80 Å². The fourth-order valence-corrected chi connectivity index (χ4v) is 3.74. The van der Waals surface area contributed by atoms with E-state index >= 15 is 0 Å². The molecule has 0 aromatic carbocycles. The summed E-state index contributed by atoms with van der Waals surface area (Å²) in [5.41, 5.74) is 6.36. The average molecular weight is 255 g/mol. The molecule has 0 amide bonds. The van der Waals surface area contributed by atoms with Crippen LogP contribution in [0.25, 0.3) is 0 Å². The Morgan fingerprint density at radius 3 is 2.61 bits per heavy atom. The normalized spacial score (nSPS) is 33.2. The third-order valence-electron chi connectivity index (χ3n) is 5.18. The van der Waals surface area contributed by atoms with Crippen molar-refractivity contribution in [2.75, 3.05) is 46.9 Å². The molecule has 0 aliphatic carbocycles. The molecular formula is C14H29N3O. The summed E-state index contributed by atoms with van der Waals surface area (Å²) in [6, 6.07) is 0.685. The van der Waals surface area contributed by atoms with Crippen LogP contribution in [0, 0.1) is 5.92 Å². The minimum atomic E-state index is 0.168. The number of nitrogens with zero attached hydrogens (tertiary/aromatic N) is 2. The van der Waals surface area contributed by atoms with Crippen LogP contribution in [0.3, 0.4) is 0 Å². The summed E-state index contributed by atoms with van der Waals surface area (Å²) in [5, 5.41) is 0. The largest absolute Gasteiger partial charge is 0.381 e. The Labute approximate surface area is 111 Å². The maximum atomic E-state index is 6.19. The van der Waals surface area contributed by atoms with Gasteiger partial charge < -0.3 is 15.4 Å². The smallest absolute Gasteiger partial charge is 0.0513 e. The number of ether oxygens (including phenoxy) is 1. The SMILES string of the molecule is CCC(CN)(C1CCOC1)N1CCC(N(C)C)C1. The number of likely N-dealkylation sites (tertiary alicyclic amines) is 1. The van der Waals surface area contributed by atoms with Gasteiger partial charge in [0.25, 0.3) is 0 Å². The molecular weight excluding hydrogens is 226 g/mol. The van der Waals surface area contributed by atoms with E-state index < -0.39 is 0 Å². The highest BCUT2D eigenvalue weighted by Crippen LogP contribution is 2.36. The van der Waals surface area contributed by atoms with Crippen molar-refractivity contribution in [3.63, 3.8) is 0 Å². The van der Waals surface area contributed by atoms with Gasteiger partial charge in [-0.1, -0.05) is 6.92 Å². The molecule has 2 fully saturated rings. The molecule has 2 aliphatic rings. The highest BCUT2D eigenvalue weighted by atomic mass is 16.5. The van der Waals surface area contributed by atoms with Gasteiger partial charge in [-0.05, 0) is 33.4 Å². The zero-order valence-corrected chi connectivity index (χ0v) is 12.2. The summed E-state index contributed by atoms with van der Waals surface area (Å²) in [5.74, 6) is 0.619. The number of rotatable bonds is 5. The van der Waals surface area contributed by atoms with Crippen molar-refractivity contribution in [3.05, 3.63) is 0 Å². The third-order valence-corrected chi connectivity index (χ3v) is 5.18. The molecule has 18 heavy (non-hydrogen) atoms. The zero-order valence-electron chi connectivity index (χ0n) is 12.2. The first-order chi connectivity index (χ1) is 8.64. The molecule has 0 radical (unpaired) electrons. The summed E-state index contributed by atoms with van der Waals surface area (Å²) >= 11 is 0. The van der Waals surface area contributed by atoms with Gasteiger partial charge in [0.2, 0.25) is 0 Å². The highest BCUT2D eigenvalue weighted by molar-refractivity contribution is 5.01. The van der Waals surface area contributed by atoms with Crippen molar-refractivity contribution < 1.29 is 4.74 Å². The molecule has 0 aromatic heterocycles. The van der Waals surface area contributed by atoms with E-state index in [0.29, 0.717) is 12.0 Å². The molecule has 0 spiro atoms. The first-order valence-electron chi connectivity index (χ1n) is 7.33. The maximum Gasteiger partial charge on any atom is 0.0513 e. The van der Waals surface area contributed by atoms with Crippen LogP contribution >= 0.6 is 0 Å². The topological polar surface area (TPSA) is 41.7 Å². The summed E-state index contributed by atoms with van der Waals surface area (Å²) < 4.78 is 5.61. The van der Waals surface area contributed by atoms with Gasteiger partial charge in [0.05, 0.1) is 6.61 Å². The number of hydrogen-bond acceptors (Lipinski definition) is 4.